The van der Waals surface area contributed by atoms with Gasteiger partial charge in [0, 0.05) is 17.8 Å². The molecule has 3 N–H and O–H groups in total. The van der Waals surface area contributed by atoms with Crippen LogP contribution in [0.25, 0.3) is 0 Å². The van der Waals surface area contributed by atoms with Crippen LogP contribution in [0.2, 0.25) is 0 Å². The Morgan fingerprint density at radius 1 is 1.05 bits per heavy atom. The molecule has 0 aliphatic heterocycles. The van der Waals surface area contributed by atoms with E-state index in [2.05, 4.69) is 5.32 Å². The highest BCUT2D eigenvalue weighted by molar-refractivity contribution is 5.95. The standard InChI is InChI=1S/C14H11F3N2O/c15-11-2-1-3-12(16)10(11)7-19-14(20)9-6-8(18)4-5-13(9)17/h1-6H,7,18H2,(H,19,20). The van der Waals surface area contributed by atoms with Gasteiger partial charge in [0.15, 0.2) is 0 Å². The Labute approximate surface area is 113 Å². The van der Waals surface area contributed by atoms with Crippen molar-refractivity contribution in [1.29, 1.82) is 0 Å². The normalized spacial score (nSPS) is 10.3. The van der Waals surface area contributed by atoms with Gasteiger partial charge in [0.25, 0.3) is 5.91 Å². The Balaban J connectivity index is 2.15. The van der Waals surface area contributed by atoms with E-state index >= 15 is 0 Å². The molecule has 6 heteroatoms. The minimum absolute atomic E-state index is 0.216. The van der Waals surface area contributed by atoms with E-state index in [1.165, 1.54) is 12.1 Å². The van der Waals surface area contributed by atoms with Gasteiger partial charge in [-0.1, -0.05) is 6.07 Å². The number of benzene rings is 2. The highest BCUT2D eigenvalue weighted by atomic mass is 19.1. The molecule has 0 aromatic heterocycles. The molecule has 0 radical (unpaired) electrons. The maximum Gasteiger partial charge on any atom is 0.254 e. The molecule has 0 bridgehead atoms. The maximum atomic E-state index is 13.4. The second-order valence-electron chi connectivity index (χ2n) is 4.12. The molecule has 1 amide bonds. The van der Waals surface area contributed by atoms with Crippen molar-refractivity contribution in [1.82, 2.24) is 5.32 Å². The van der Waals surface area contributed by atoms with E-state index < -0.39 is 23.4 Å². The topological polar surface area (TPSA) is 55.1 Å². The molecule has 0 saturated carbocycles. The zero-order valence-corrected chi connectivity index (χ0v) is 10.3. The Kier molecular flexibility index (Phi) is 3.93. The first kappa shape index (κ1) is 13.9. The van der Waals surface area contributed by atoms with Gasteiger partial charge in [0.1, 0.15) is 17.5 Å². The van der Waals surface area contributed by atoms with Crippen molar-refractivity contribution < 1.29 is 18.0 Å². The van der Waals surface area contributed by atoms with E-state index in [1.807, 2.05) is 0 Å². The number of nitrogens with two attached hydrogens (primary N) is 1. The zero-order chi connectivity index (χ0) is 14.7. The number of carbonyl (C=O) groups is 1. The summed E-state index contributed by atoms with van der Waals surface area (Å²) >= 11 is 0. The van der Waals surface area contributed by atoms with Crippen LogP contribution in [0.3, 0.4) is 0 Å². The highest BCUT2D eigenvalue weighted by Gasteiger charge is 2.14. The van der Waals surface area contributed by atoms with Crippen LogP contribution in [-0.4, -0.2) is 5.91 Å². The molecule has 2 rings (SSSR count). The fourth-order valence-electron chi connectivity index (χ4n) is 1.68. The first-order chi connectivity index (χ1) is 9.49. The van der Waals surface area contributed by atoms with Gasteiger partial charge in [0.05, 0.1) is 5.56 Å². The van der Waals surface area contributed by atoms with Crippen LogP contribution in [0, 0.1) is 17.5 Å². The van der Waals surface area contributed by atoms with E-state index in [-0.39, 0.29) is 23.4 Å². The van der Waals surface area contributed by atoms with Crippen molar-refractivity contribution in [2.75, 3.05) is 5.73 Å². The van der Waals surface area contributed by atoms with Gasteiger partial charge in [-0.25, -0.2) is 13.2 Å². The molecule has 0 aliphatic rings. The largest absolute Gasteiger partial charge is 0.399 e. The summed E-state index contributed by atoms with van der Waals surface area (Å²) in [5.41, 5.74) is 5.11. The van der Waals surface area contributed by atoms with Gasteiger partial charge < -0.3 is 11.1 Å². The molecule has 0 heterocycles. The number of nitrogen functional groups attached to an aromatic ring is 1. The fraction of sp³-hybridized carbons (Fsp3) is 0.0714. The third kappa shape index (κ3) is 2.90. The molecule has 0 aliphatic carbocycles. The molecular formula is C14H11F3N2O. The second kappa shape index (κ2) is 5.64. The summed E-state index contributed by atoms with van der Waals surface area (Å²) < 4.78 is 40.2. The molecule has 20 heavy (non-hydrogen) atoms. The Hall–Kier alpha value is -2.50. The van der Waals surface area contributed by atoms with Crippen molar-refractivity contribution in [2.45, 2.75) is 6.54 Å². The van der Waals surface area contributed by atoms with Crippen molar-refractivity contribution in [3.63, 3.8) is 0 Å². The number of hydrogen-bond acceptors (Lipinski definition) is 2. The molecule has 3 nitrogen and oxygen atoms in total. The van der Waals surface area contributed by atoms with Gasteiger partial charge in [-0.15, -0.1) is 0 Å². The number of nitrogens with one attached hydrogen (secondary N) is 1. The first-order valence-corrected chi connectivity index (χ1v) is 5.75. The van der Waals surface area contributed by atoms with E-state index in [0.717, 1.165) is 24.3 Å². The average Bonchev–Trinajstić information content (AvgIpc) is 2.40. The van der Waals surface area contributed by atoms with E-state index in [4.69, 9.17) is 5.73 Å². The van der Waals surface area contributed by atoms with Crippen LogP contribution in [0.5, 0.6) is 0 Å². The Morgan fingerprint density at radius 2 is 1.70 bits per heavy atom. The van der Waals surface area contributed by atoms with Crippen molar-refractivity contribution in [3.05, 3.63) is 65.0 Å². The number of amides is 1. The molecule has 0 spiro atoms. The van der Waals surface area contributed by atoms with Gasteiger partial charge in [-0.3, -0.25) is 4.79 Å². The molecule has 0 fully saturated rings. The summed E-state index contributed by atoms with van der Waals surface area (Å²) in [5.74, 6) is -3.11. The Morgan fingerprint density at radius 3 is 2.35 bits per heavy atom. The van der Waals surface area contributed by atoms with E-state index in [9.17, 15) is 18.0 Å². The van der Waals surface area contributed by atoms with Crippen LogP contribution in [0.15, 0.2) is 36.4 Å². The molecule has 0 atom stereocenters. The highest BCUT2D eigenvalue weighted by Crippen LogP contribution is 2.14. The summed E-state index contributed by atoms with van der Waals surface area (Å²) in [5, 5.41) is 2.25. The maximum absolute atomic E-state index is 13.4. The lowest BCUT2D eigenvalue weighted by Crippen LogP contribution is -2.25. The number of halogens is 3. The quantitative estimate of drug-likeness (QED) is 0.849. The predicted molar refractivity (Wildman–Crippen MR) is 68.3 cm³/mol. The minimum atomic E-state index is -0.794. The van der Waals surface area contributed by atoms with Crippen molar-refractivity contribution >= 4 is 11.6 Å². The van der Waals surface area contributed by atoms with Crippen LogP contribution in [0.1, 0.15) is 15.9 Å². The zero-order valence-electron chi connectivity index (χ0n) is 10.3. The first-order valence-electron chi connectivity index (χ1n) is 5.75. The van der Waals surface area contributed by atoms with Gasteiger partial charge in [0.2, 0.25) is 0 Å². The molecule has 2 aromatic carbocycles. The smallest absolute Gasteiger partial charge is 0.254 e. The van der Waals surface area contributed by atoms with Crippen LogP contribution >= 0.6 is 0 Å². The van der Waals surface area contributed by atoms with Crippen LogP contribution in [0.4, 0.5) is 18.9 Å². The predicted octanol–water partition coefficient (Wildman–Crippen LogP) is 2.62. The SMILES string of the molecule is Nc1ccc(F)c(C(=O)NCc2c(F)cccc2F)c1. The summed E-state index contributed by atoms with van der Waals surface area (Å²) in [6.07, 6.45) is 0. The third-order valence-corrected chi connectivity index (χ3v) is 2.72. The van der Waals surface area contributed by atoms with Crippen LogP contribution < -0.4 is 11.1 Å². The van der Waals surface area contributed by atoms with Crippen LogP contribution in [-0.2, 0) is 6.54 Å². The average molecular weight is 280 g/mol. The summed E-state index contributed by atoms with van der Waals surface area (Å²) in [6, 6.07) is 6.88. The lowest BCUT2D eigenvalue weighted by atomic mass is 10.1. The lowest BCUT2D eigenvalue weighted by Gasteiger charge is -2.08. The minimum Gasteiger partial charge on any atom is -0.399 e. The monoisotopic (exact) mass is 280 g/mol. The molecule has 2 aromatic rings. The number of anilines is 1. The number of carbonyl (C=O) groups excluding carboxylic acids is 1. The van der Waals surface area contributed by atoms with E-state index in [1.54, 1.807) is 0 Å². The molecule has 0 unspecified atom stereocenters. The van der Waals surface area contributed by atoms with Crippen molar-refractivity contribution in [2.24, 2.45) is 0 Å². The number of hydrogen-bond donors (Lipinski definition) is 2. The summed E-state index contributed by atoms with van der Waals surface area (Å²) in [7, 11) is 0. The van der Waals surface area contributed by atoms with Gasteiger partial charge in [-0.05, 0) is 30.3 Å². The van der Waals surface area contributed by atoms with Gasteiger partial charge in [-0.2, -0.15) is 0 Å². The number of rotatable bonds is 3. The molecule has 104 valence electrons. The summed E-state index contributed by atoms with van der Waals surface area (Å²) in [4.78, 5) is 11.8. The summed E-state index contributed by atoms with van der Waals surface area (Å²) in [6.45, 7) is -0.383. The second-order valence-corrected chi connectivity index (χ2v) is 4.12. The molecular weight excluding hydrogens is 269 g/mol. The van der Waals surface area contributed by atoms with E-state index in [0.29, 0.717) is 0 Å². The van der Waals surface area contributed by atoms with Gasteiger partial charge >= 0.3 is 0 Å². The third-order valence-electron chi connectivity index (χ3n) is 2.72. The lowest BCUT2D eigenvalue weighted by molar-refractivity contribution is 0.0946. The fourth-order valence-corrected chi connectivity index (χ4v) is 1.68. The molecule has 0 saturated heterocycles. The Bertz CT molecular complexity index is 639. The van der Waals surface area contributed by atoms with Crippen molar-refractivity contribution in [3.8, 4) is 0 Å².